The molecule has 0 unspecified atom stereocenters. The van der Waals surface area contributed by atoms with Crippen molar-refractivity contribution in [1.29, 1.82) is 0 Å². The molecule has 0 radical (unpaired) electrons. The molecule has 2 aliphatic rings. The van der Waals surface area contributed by atoms with Crippen LogP contribution in [0.25, 0.3) is 0 Å². The Hall–Kier alpha value is -2.44. The summed E-state index contributed by atoms with van der Waals surface area (Å²) in [6.45, 7) is 0.923. The van der Waals surface area contributed by atoms with E-state index in [4.69, 9.17) is 10.3 Å². The molecule has 1 aliphatic carbocycles. The molecule has 2 aromatic rings. The van der Waals surface area contributed by atoms with Gasteiger partial charge in [0.1, 0.15) is 5.76 Å². The molecule has 1 amide bonds. The van der Waals surface area contributed by atoms with Crippen LogP contribution in [0.5, 0.6) is 0 Å². The van der Waals surface area contributed by atoms with Crippen molar-refractivity contribution in [3.05, 3.63) is 35.0 Å². The zero-order chi connectivity index (χ0) is 13.7. The number of carbonyl (C=O) groups excluding carboxylic acids is 1. The third-order valence-electron chi connectivity index (χ3n) is 3.69. The highest BCUT2D eigenvalue weighted by Crippen LogP contribution is 2.40. The molecule has 20 heavy (non-hydrogen) atoms. The van der Waals surface area contributed by atoms with Crippen LogP contribution in [0, 0.1) is 0 Å². The van der Waals surface area contributed by atoms with Crippen molar-refractivity contribution >= 4 is 11.9 Å². The number of anilines is 1. The Labute approximate surface area is 114 Å². The lowest BCUT2D eigenvalue weighted by atomic mass is 10.2. The van der Waals surface area contributed by atoms with Gasteiger partial charge >= 0.3 is 0 Å². The SMILES string of the molecule is Nc1ncc2c(n1)CN(C(=O)c1cc(C3CC3)on1)C2. The van der Waals surface area contributed by atoms with E-state index in [-0.39, 0.29) is 11.9 Å². The predicted octanol–water partition coefficient (Wildman–Crippen LogP) is 1.08. The minimum Gasteiger partial charge on any atom is -0.368 e. The first-order chi connectivity index (χ1) is 9.70. The van der Waals surface area contributed by atoms with Gasteiger partial charge in [-0.05, 0) is 12.8 Å². The van der Waals surface area contributed by atoms with Crippen molar-refractivity contribution in [1.82, 2.24) is 20.0 Å². The Balaban J connectivity index is 1.55. The standard InChI is InChI=1S/C13H13N5O2/c14-13-15-4-8-5-18(6-10(8)16-13)12(19)9-3-11(20-17-9)7-1-2-7/h3-4,7H,1-2,5-6H2,(H2,14,15,16). The van der Waals surface area contributed by atoms with E-state index in [9.17, 15) is 4.79 Å². The van der Waals surface area contributed by atoms with E-state index < -0.39 is 0 Å². The van der Waals surface area contributed by atoms with Gasteiger partial charge in [-0.1, -0.05) is 5.16 Å². The molecule has 2 N–H and O–H groups in total. The molecule has 7 heteroatoms. The molecule has 0 spiro atoms. The third-order valence-corrected chi connectivity index (χ3v) is 3.69. The maximum absolute atomic E-state index is 12.4. The van der Waals surface area contributed by atoms with Crippen LogP contribution in [0.1, 0.15) is 46.3 Å². The van der Waals surface area contributed by atoms with Crippen LogP contribution < -0.4 is 5.73 Å². The fourth-order valence-electron chi connectivity index (χ4n) is 2.42. The van der Waals surface area contributed by atoms with Crippen LogP contribution in [0.4, 0.5) is 5.95 Å². The lowest BCUT2D eigenvalue weighted by Gasteiger charge is -2.12. The highest BCUT2D eigenvalue weighted by molar-refractivity contribution is 5.92. The average molecular weight is 271 g/mol. The first-order valence-electron chi connectivity index (χ1n) is 6.57. The molecule has 7 nitrogen and oxygen atoms in total. The summed E-state index contributed by atoms with van der Waals surface area (Å²) in [6, 6.07) is 1.75. The lowest BCUT2D eigenvalue weighted by Crippen LogP contribution is -2.25. The minimum atomic E-state index is -0.141. The monoisotopic (exact) mass is 271 g/mol. The molecule has 1 fully saturated rings. The van der Waals surface area contributed by atoms with Gasteiger partial charge in [-0.25, -0.2) is 9.97 Å². The van der Waals surface area contributed by atoms with Gasteiger partial charge in [-0.2, -0.15) is 0 Å². The van der Waals surface area contributed by atoms with Gasteiger partial charge in [0.15, 0.2) is 5.69 Å². The van der Waals surface area contributed by atoms with Crippen LogP contribution >= 0.6 is 0 Å². The van der Waals surface area contributed by atoms with E-state index in [0.29, 0.717) is 24.7 Å². The summed E-state index contributed by atoms with van der Waals surface area (Å²) in [7, 11) is 0. The fourth-order valence-corrected chi connectivity index (χ4v) is 2.42. The summed E-state index contributed by atoms with van der Waals surface area (Å²) in [5.41, 5.74) is 7.65. The van der Waals surface area contributed by atoms with Crippen LogP contribution in [0.2, 0.25) is 0 Å². The molecular weight excluding hydrogens is 258 g/mol. The number of carbonyl (C=O) groups is 1. The molecule has 0 aromatic carbocycles. The molecule has 0 saturated heterocycles. The number of hydrogen-bond acceptors (Lipinski definition) is 6. The van der Waals surface area contributed by atoms with Gasteiger partial charge in [0.25, 0.3) is 5.91 Å². The normalized spacial score (nSPS) is 17.3. The second-order valence-corrected chi connectivity index (χ2v) is 5.25. The number of rotatable bonds is 2. The van der Waals surface area contributed by atoms with Gasteiger partial charge < -0.3 is 15.2 Å². The maximum Gasteiger partial charge on any atom is 0.276 e. The van der Waals surface area contributed by atoms with Crippen molar-refractivity contribution in [2.75, 3.05) is 5.73 Å². The highest BCUT2D eigenvalue weighted by Gasteiger charge is 2.31. The zero-order valence-corrected chi connectivity index (χ0v) is 10.7. The van der Waals surface area contributed by atoms with E-state index in [1.165, 1.54) is 0 Å². The first kappa shape index (κ1) is 11.4. The smallest absolute Gasteiger partial charge is 0.276 e. The number of nitrogens with two attached hydrogens (primary N) is 1. The van der Waals surface area contributed by atoms with Crippen molar-refractivity contribution in [2.45, 2.75) is 31.8 Å². The molecule has 102 valence electrons. The van der Waals surface area contributed by atoms with Crippen molar-refractivity contribution < 1.29 is 9.32 Å². The predicted molar refractivity (Wildman–Crippen MR) is 68.5 cm³/mol. The van der Waals surface area contributed by atoms with Crippen LogP contribution in [0.3, 0.4) is 0 Å². The number of amides is 1. The average Bonchev–Trinajstić information content (AvgIpc) is 3.02. The Morgan fingerprint density at radius 3 is 3.05 bits per heavy atom. The molecule has 0 bridgehead atoms. The van der Waals surface area contributed by atoms with Gasteiger partial charge in [0, 0.05) is 30.3 Å². The Kier molecular flexibility index (Phi) is 2.29. The van der Waals surface area contributed by atoms with Crippen molar-refractivity contribution in [3.8, 4) is 0 Å². The molecule has 1 saturated carbocycles. The van der Waals surface area contributed by atoms with Crippen LogP contribution in [-0.4, -0.2) is 25.9 Å². The zero-order valence-electron chi connectivity index (χ0n) is 10.7. The Bertz CT molecular complexity index is 692. The fraction of sp³-hybridized carbons (Fsp3) is 0.385. The van der Waals surface area contributed by atoms with Gasteiger partial charge in [0.2, 0.25) is 5.95 Å². The minimum absolute atomic E-state index is 0.141. The van der Waals surface area contributed by atoms with Gasteiger partial charge in [-0.15, -0.1) is 0 Å². The summed E-state index contributed by atoms with van der Waals surface area (Å²) >= 11 is 0. The van der Waals surface area contributed by atoms with Gasteiger partial charge in [-0.3, -0.25) is 4.79 Å². The second-order valence-electron chi connectivity index (χ2n) is 5.25. The van der Waals surface area contributed by atoms with Crippen molar-refractivity contribution in [3.63, 3.8) is 0 Å². The van der Waals surface area contributed by atoms with E-state index in [0.717, 1.165) is 29.9 Å². The van der Waals surface area contributed by atoms with Crippen molar-refractivity contribution in [2.24, 2.45) is 0 Å². The highest BCUT2D eigenvalue weighted by atomic mass is 16.5. The first-order valence-corrected chi connectivity index (χ1v) is 6.57. The molecule has 3 heterocycles. The van der Waals surface area contributed by atoms with E-state index >= 15 is 0 Å². The molecule has 4 rings (SSSR count). The molecular formula is C13H13N5O2. The summed E-state index contributed by atoms with van der Waals surface area (Å²) < 4.78 is 5.22. The number of nitrogens with zero attached hydrogens (tertiary/aromatic N) is 4. The second kappa shape index (κ2) is 4.03. The molecule has 0 atom stereocenters. The molecule has 1 aliphatic heterocycles. The lowest BCUT2D eigenvalue weighted by molar-refractivity contribution is 0.0740. The van der Waals surface area contributed by atoms with Gasteiger partial charge in [0.05, 0.1) is 12.2 Å². The summed E-state index contributed by atoms with van der Waals surface area (Å²) in [5, 5.41) is 3.88. The van der Waals surface area contributed by atoms with E-state index in [2.05, 4.69) is 15.1 Å². The number of fused-ring (bicyclic) bond motifs is 1. The summed E-state index contributed by atoms with van der Waals surface area (Å²) in [5.74, 6) is 1.35. The number of hydrogen-bond donors (Lipinski definition) is 1. The van der Waals surface area contributed by atoms with E-state index in [1.807, 2.05) is 0 Å². The van der Waals surface area contributed by atoms with Crippen LogP contribution in [0.15, 0.2) is 16.8 Å². The number of aromatic nitrogens is 3. The Morgan fingerprint density at radius 2 is 2.25 bits per heavy atom. The Morgan fingerprint density at radius 1 is 1.40 bits per heavy atom. The third kappa shape index (κ3) is 1.82. The van der Waals surface area contributed by atoms with Crippen LogP contribution in [-0.2, 0) is 13.1 Å². The van der Waals surface area contributed by atoms with E-state index in [1.54, 1.807) is 17.2 Å². The maximum atomic E-state index is 12.4. The largest absolute Gasteiger partial charge is 0.368 e. The quantitative estimate of drug-likeness (QED) is 0.877. The molecule has 2 aromatic heterocycles. The summed E-state index contributed by atoms with van der Waals surface area (Å²) in [4.78, 5) is 22.2. The summed E-state index contributed by atoms with van der Waals surface area (Å²) in [6.07, 6.45) is 3.91. The number of nitrogen functional groups attached to an aromatic ring is 1. The topological polar surface area (TPSA) is 98.1 Å².